The first-order chi connectivity index (χ1) is 9.04. The minimum absolute atomic E-state index is 0.0546. The SMILES string of the molecule is Cc1nn(C)c(C)c1CCC(NN)c1nccn1C. The van der Waals surface area contributed by atoms with Crippen LogP contribution in [0, 0.1) is 13.8 Å². The van der Waals surface area contributed by atoms with Crippen LogP contribution in [-0.2, 0) is 20.5 Å². The van der Waals surface area contributed by atoms with Gasteiger partial charge in [-0.3, -0.25) is 10.5 Å². The van der Waals surface area contributed by atoms with Crippen LogP contribution in [0.25, 0.3) is 0 Å². The molecule has 19 heavy (non-hydrogen) atoms. The smallest absolute Gasteiger partial charge is 0.126 e. The summed E-state index contributed by atoms with van der Waals surface area (Å²) in [6.45, 7) is 4.15. The Balaban J connectivity index is 2.11. The van der Waals surface area contributed by atoms with Crippen LogP contribution >= 0.6 is 0 Å². The van der Waals surface area contributed by atoms with Crippen molar-refractivity contribution in [2.24, 2.45) is 19.9 Å². The van der Waals surface area contributed by atoms with Crippen LogP contribution in [0.15, 0.2) is 12.4 Å². The van der Waals surface area contributed by atoms with Crippen LogP contribution < -0.4 is 11.3 Å². The summed E-state index contributed by atoms with van der Waals surface area (Å²) < 4.78 is 3.92. The van der Waals surface area contributed by atoms with Crippen molar-refractivity contribution in [1.82, 2.24) is 24.8 Å². The standard InChI is InChI=1S/C13H22N6/c1-9-11(10(2)19(4)17-9)5-6-12(16-14)13-15-7-8-18(13)3/h7-8,12,16H,5-6,14H2,1-4H3. The summed E-state index contributed by atoms with van der Waals surface area (Å²) in [5.41, 5.74) is 6.46. The number of nitrogens with zero attached hydrogens (tertiary/aromatic N) is 4. The van der Waals surface area contributed by atoms with Crippen LogP contribution in [0.4, 0.5) is 0 Å². The molecule has 2 aromatic heterocycles. The number of aryl methyl sites for hydroxylation is 3. The number of rotatable bonds is 5. The molecule has 2 aromatic rings. The Bertz CT molecular complexity index is 553. The van der Waals surface area contributed by atoms with E-state index in [0.29, 0.717) is 0 Å². The molecule has 0 saturated carbocycles. The molecule has 2 rings (SSSR count). The molecule has 0 aromatic carbocycles. The van der Waals surface area contributed by atoms with Crippen molar-refractivity contribution in [3.05, 3.63) is 35.2 Å². The van der Waals surface area contributed by atoms with Gasteiger partial charge in [-0.15, -0.1) is 0 Å². The van der Waals surface area contributed by atoms with Crippen LogP contribution in [0.5, 0.6) is 0 Å². The Labute approximate surface area is 113 Å². The lowest BCUT2D eigenvalue weighted by atomic mass is 10.0. The highest BCUT2D eigenvalue weighted by Gasteiger charge is 2.16. The van der Waals surface area contributed by atoms with E-state index in [1.165, 1.54) is 11.3 Å². The van der Waals surface area contributed by atoms with Crippen LogP contribution in [0.2, 0.25) is 0 Å². The zero-order valence-corrected chi connectivity index (χ0v) is 12.0. The summed E-state index contributed by atoms with van der Waals surface area (Å²) >= 11 is 0. The monoisotopic (exact) mass is 262 g/mol. The predicted molar refractivity (Wildman–Crippen MR) is 74.3 cm³/mol. The number of hydrazine groups is 1. The van der Waals surface area contributed by atoms with E-state index in [1.54, 1.807) is 6.20 Å². The number of nitrogens with two attached hydrogens (primary N) is 1. The van der Waals surface area contributed by atoms with E-state index in [9.17, 15) is 0 Å². The van der Waals surface area contributed by atoms with Gasteiger partial charge in [0.05, 0.1) is 11.7 Å². The summed E-state index contributed by atoms with van der Waals surface area (Å²) in [4.78, 5) is 4.35. The van der Waals surface area contributed by atoms with Gasteiger partial charge in [0.15, 0.2) is 0 Å². The van der Waals surface area contributed by atoms with Crippen LogP contribution in [-0.4, -0.2) is 19.3 Å². The molecular weight excluding hydrogens is 240 g/mol. The number of hydrogen-bond acceptors (Lipinski definition) is 4. The Morgan fingerprint density at radius 3 is 2.58 bits per heavy atom. The third-order valence-corrected chi connectivity index (χ3v) is 3.71. The van der Waals surface area contributed by atoms with E-state index < -0.39 is 0 Å². The molecule has 2 heterocycles. The second-order valence-corrected chi connectivity index (χ2v) is 4.93. The average Bonchev–Trinajstić information content (AvgIpc) is 2.89. The summed E-state index contributed by atoms with van der Waals surface area (Å²) in [5.74, 6) is 6.61. The van der Waals surface area contributed by atoms with E-state index in [1.807, 2.05) is 36.5 Å². The van der Waals surface area contributed by atoms with Gasteiger partial charge in [0.25, 0.3) is 0 Å². The van der Waals surface area contributed by atoms with Crippen molar-refractivity contribution < 1.29 is 0 Å². The molecule has 0 spiro atoms. The van der Waals surface area contributed by atoms with Gasteiger partial charge in [-0.1, -0.05) is 0 Å². The fourth-order valence-electron chi connectivity index (χ4n) is 2.47. The van der Waals surface area contributed by atoms with Crippen LogP contribution in [0.3, 0.4) is 0 Å². The molecule has 0 aliphatic heterocycles. The minimum Gasteiger partial charge on any atom is -0.337 e. The molecule has 3 N–H and O–H groups in total. The molecule has 1 unspecified atom stereocenters. The molecule has 0 amide bonds. The lowest BCUT2D eigenvalue weighted by Crippen LogP contribution is -2.30. The maximum atomic E-state index is 5.65. The van der Waals surface area contributed by atoms with Crippen molar-refractivity contribution in [2.45, 2.75) is 32.7 Å². The molecule has 1 atom stereocenters. The molecule has 6 nitrogen and oxygen atoms in total. The van der Waals surface area contributed by atoms with E-state index in [0.717, 1.165) is 24.4 Å². The zero-order valence-electron chi connectivity index (χ0n) is 12.0. The maximum absolute atomic E-state index is 5.65. The number of hydrogen-bond donors (Lipinski definition) is 2. The second-order valence-electron chi connectivity index (χ2n) is 4.93. The van der Waals surface area contributed by atoms with Crippen molar-refractivity contribution in [3.63, 3.8) is 0 Å². The van der Waals surface area contributed by atoms with Gasteiger partial charge in [0.2, 0.25) is 0 Å². The summed E-state index contributed by atoms with van der Waals surface area (Å²) in [6.07, 6.45) is 5.56. The molecule has 6 heteroatoms. The van der Waals surface area contributed by atoms with Gasteiger partial charge in [-0.2, -0.15) is 5.10 Å². The highest BCUT2D eigenvalue weighted by atomic mass is 15.3. The maximum Gasteiger partial charge on any atom is 0.126 e. The minimum atomic E-state index is 0.0546. The Morgan fingerprint density at radius 1 is 1.37 bits per heavy atom. The van der Waals surface area contributed by atoms with Gasteiger partial charge >= 0.3 is 0 Å². The molecule has 0 aliphatic carbocycles. The van der Waals surface area contributed by atoms with Crippen molar-refractivity contribution in [2.75, 3.05) is 0 Å². The highest BCUT2D eigenvalue weighted by Crippen LogP contribution is 2.20. The van der Waals surface area contributed by atoms with Crippen molar-refractivity contribution >= 4 is 0 Å². The van der Waals surface area contributed by atoms with Crippen LogP contribution in [0.1, 0.15) is 35.2 Å². The molecule has 0 radical (unpaired) electrons. The number of aromatic nitrogens is 4. The van der Waals surface area contributed by atoms with E-state index in [-0.39, 0.29) is 6.04 Å². The first kappa shape index (κ1) is 13.8. The molecular formula is C13H22N6. The summed E-state index contributed by atoms with van der Waals surface area (Å²) in [5, 5.41) is 4.44. The van der Waals surface area contributed by atoms with E-state index in [4.69, 9.17) is 5.84 Å². The highest BCUT2D eigenvalue weighted by molar-refractivity contribution is 5.24. The van der Waals surface area contributed by atoms with Gasteiger partial charge in [-0.05, 0) is 32.3 Å². The Kier molecular flexibility index (Phi) is 4.01. The quantitative estimate of drug-likeness (QED) is 0.620. The predicted octanol–water partition coefficient (Wildman–Crippen LogP) is 0.908. The van der Waals surface area contributed by atoms with Gasteiger partial charge in [0.1, 0.15) is 5.82 Å². The van der Waals surface area contributed by atoms with E-state index in [2.05, 4.69) is 22.4 Å². The molecule has 0 bridgehead atoms. The summed E-state index contributed by atoms with van der Waals surface area (Å²) in [7, 11) is 3.95. The largest absolute Gasteiger partial charge is 0.337 e. The average molecular weight is 262 g/mol. The first-order valence-corrected chi connectivity index (χ1v) is 6.47. The zero-order chi connectivity index (χ0) is 14.0. The summed E-state index contributed by atoms with van der Waals surface area (Å²) in [6, 6.07) is 0.0546. The number of imidazole rings is 1. The normalized spacial score (nSPS) is 12.9. The van der Waals surface area contributed by atoms with Gasteiger partial charge in [0, 0.05) is 32.2 Å². The van der Waals surface area contributed by atoms with Gasteiger partial charge in [-0.25, -0.2) is 10.4 Å². The van der Waals surface area contributed by atoms with E-state index >= 15 is 0 Å². The van der Waals surface area contributed by atoms with Crippen molar-refractivity contribution in [3.8, 4) is 0 Å². The molecule has 0 fully saturated rings. The Hall–Kier alpha value is -1.66. The first-order valence-electron chi connectivity index (χ1n) is 6.47. The Morgan fingerprint density at radius 2 is 2.11 bits per heavy atom. The number of nitrogens with one attached hydrogen (secondary N) is 1. The lowest BCUT2D eigenvalue weighted by Gasteiger charge is -2.15. The third-order valence-electron chi connectivity index (χ3n) is 3.71. The van der Waals surface area contributed by atoms with Gasteiger partial charge < -0.3 is 4.57 Å². The molecule has 0 saturated heterocycles. The lowest BCUT2D eigenvalue weighted by molar-refractivity contribution is 0.477. The third kappa shape index (κ3) is 2.69. The fourth-order valence-corrected chi connectivity index (χ4v) is 2.47. The molecule has 104 valence electrons. The van der Waals surface area contributed by atoms with Crippen molar-refractivity contribution in [1.29, 1.82) is 0 Å². The second kappa shape index (κ2) is 5.54. The molecule has 0 aliphatic rings. The fraction of sp³-hybridized carbons (Fsp3) is 0.538. The topological polar surface area (TPSA) is 73.7 Å².